The van der Waals surface area contributed by atoms with Gasteiger partial charge in [-0.2, -0.15) is 0 Å². The van der Waals surface area contributed by atoms with E-state index in [1.165, 1.54) is 47.1 Å². The molecule has 8 amide bonds. The summed E-state index contributed by atoms with van der Waals surface area (Å²) in [4.78, 5) is 157. The van der Waals surface area contributed by atoms with E-state index >= 15 is 0 Å². The van der Waals surface area contributed by atoms with Gasteiger partial charge in [0.15, 0.2) is 58.2 Å². The molecule has 0 saturated carbocycles. The summed E-state index contributed by atoms with van der Waals surface area (Å²) in [7, 11) is 3.00. The molecule has 0 aliphatic carbocycles. The van der Waals surface area contributed by atoms with Crippen molar-refractivity contribution in [3.63, 3.8) is 0 Å². The lowest BCUT2D eigenvalue weighted by Gasteiger charge is -2.39. The summed E-state index contributed by atoms with van der Waals surface area (Å²) in [6.07, 6.45) is 4.94. The van der Waals surface area contributed by atoms with Gasteiger partial charge in [-0.1, -0.05) is 6.92 Å². The van der Waals surface area contributed by atoms with Crippen LogP contribution in [-0.2, 0) is 45.1 Å². The molecule has 8 N–H and O–H groups in total. The number of halogens is 12. The van der Waals surface area contributed by atoms with E-state index in [4.69, 9.17) is 18.9 Å². The van der Waals surface area contributed by atoms with Crippen LogP contribution in [0.15, 0.2) is 92.5 Å². The van der Waals surface area contributed by atoms with Gasteiger partial charge >= 0.3 is 0 Å². The number of aromatic nitrogens is 4. The maximum atomic E-state index is 13.8. The molecular formula is C79H70F12N12O20. The van der Waals surface area contributed by atoms with Crippen molar-refractivity contribution in [1.29, 1.82) is 0 Å². The number of aromatic hydroxyl groups is 4. The lowest BCUT2D eigenvalue weighted by atomic mass is 10.0. The van der Waals surface area contributed by atoms with E-state index in [9.17, 15) is 131 Å². The molecule has 123 heavy (non-hydrogen) atoms. The molecule has 8 aliphatic rings. The van der Waals surface area contributed by atoms with Gasteiger partial charge in [0.05, 0.1) is 75.9 Å². The number of fused-ring (bicyclic) bond motifs is 12. The average molecular weight is 1740 g/mol. The summed E-state index contributed by atoms with van der Waals surface area (Å²) < 4.78 is 190. The normalized spacial score (nSPS) is 19.9. The zero-order valence-corrected chi connectivity index (χ0v) is 64.6. The lowest BCUT2D eigenvalue weighted by Crippen LogP contribution is -2.51. The number of pyridine rings is 4. The fourth-order valence-corrected chi connectivity index (χ4v) is 15.6. The minimum absolute atomic E-state index is 0.199. The van der Waals surface area contributed by atoms with Crippen LogP contribution in [-0.4, -0.2) is 197 Å². The monoisotopic (exact) mass is 1730 g/mol. The zero-order valence-electron chi connectivity index (χ0n) is 64.6. The number of amides is 8. The average Bonchev–Trinajstić information content (AvgIpc) is 1.74. The molecule has 32 nitrogen and oxygen atoms in total. The fraction of sp³-hybridized carbons (Fsp3) is 0.342. The first-order valence-corrected chi connectivity index (χ1v) is 37.5. The van der Waals surface area contributed by atoms with Gasteiger partial charge in [0.2, 0.25) is 21.7 Å². The highest BCUT2D eigenvalue weighted by molar-refractivity contribution is 6.02. The number of benzene rings is 4. The molecule has 8 aliphatic heterocycles. The Hall–Kier alpha value is -13.4. The second-order valence-electron chi connectivity index (χ2n) is 29.0. The van der Waals surface area contributed by atoms with Gasteiger partial charge in [-0.25, -0.2) is 52.7 Å². The van der Waals surface area contributed by atoms with Crippen molar-refractivity contribution < 1.29 is 130 Å². The maximum Gasteiger partial charge on any atom is 0.276 e. The van der Waals surface area contributed by atoms with Crippen molar-refractivity contribution >= 4 is 47.3 Å². The van der Waals surface area contributed by atoms with Gasteiger partial charge < -0.3 is 98.5 Å². The number of nitrogens with zero attached hydrogens (tertiary/aromatic N) is 8. The quantitative estimate of drug-likeness (QED) is 0.0581. The van der Waals surface area contributed by atoms with Gasteiger partial charge in [0, 0.05) is 149 Å². The first kappa shape index (κ1) is 87.5. The molecule has 0 radical (unpaired) electrons. The molecule has 650 valence electrons. The Morgan fingerprint density at radius 2 is 0.634 bits per heavy atom. The number of ether oxygens (including phenoxy) is 4. The number of carbonyl (C=O) groups is 8. The Kier molecular flexibility index (Phi) is 24.9. The van der Waals surface area contributed by atoms with E-state index in [2.05, 4.69) is 21.3 Å². The summed E-state index contributed by atoms with van der Waals surface area (Å²) in [6.45, 7) is 3.32. The van der Waals surface area contributed by atoms with Crippen molar-refractivity contribution in [2.45, 2.75) is 108 Å². The van der Waals surface area contributed by atoms with E-state index < -0.39 is 269 Å². The van der Waals surface area contributed by atoms with Crippen molar-refractivity contribution in [2.75, 3.05) is 66.8 Å². The van der Waals surface area contributed by atoms with Crippen molar-refractivity contribution in [2.24, 2.45) is 0 Å². The van der Waals surface area contributed by atoms with Crippen LogP contribution in [0.3, 0.4) is 0 Å². The third-order valence-electron chi connectivity index (χ3n) is 21.8. The zero-order chi connectivity index (χ0) is 89.1. The molecule has 8 atom stereocenters. The molecule has 44 heteroatoms. The molecule has 12 heterocycles. The summed E-state index contributed by atoms with van der Waals surface area (Å²) in [5.74, 6) is -24.0. The Morgan fingerprint density at radius 3 is 0.959 bits per heavy atom. The standard InChI is InChI=1S/C21H20F3N3O5.C20H18F3N3O5.2C19H16F3N3O5/c1-2-3-26-15-8-32-9-16(15)27-7-12(18(28)19(29)17(27)21(26)31)20(30)25-6-11-13(23)4-10(22)5-14(11)24;1-2-25-19(30)15-17(28)16(27)11(8-26(15)14-3-4-31-20(14)25)18(29)24-7-10-12(22)5-9(21)6-13(10)23;1-24-13-6-30-7-14(13)25-5-10(16(26)17(27)15(25)19(24)29)18(28)23-4-9-11(21)2-8(20)3-12(9)22;1-24-18(29)14-16(27)15(26)10(7-25(14)13-2-3-30-19(13)24)17(28)23-6-9-11(21)4-8(20)5-12(9)22/h4-5,7,15-16,29H,2-3,6,8-9H2,1H3,(H,25,30);5-6,8,14,20,28H,2-4,7H2,1H3,(H,24,29);2-3,5,13-14,27H,4,6-7H2,1H3,(H,23,28);4-5,7,13,19,27H,2-3,6H2,1H3,(H,23,28)/t15-,16+;14-,20+;13-,14+;13-,19+/m0101/s1. The van der Waals surface area contributed by atoms with E-state index in [-0.39, 0.29) is 61.3 Å². The first-order chi connectivity index (χ1) is 58.4. The Balaban J connectivity index is 0.000000141. The van der Waals surface area contributed by atoms with Crippen LogP contribution in [0.2, 0.25) is 0 Å². The summed E-state index contributed by atoms with van der Waals surface area (Å²) in [6, 6.07) is 1.39. The molecule has 8 aromatic rings. The van der Waals surface area contributed by atoms with Gasteiger partial charge in [0.1, 0.15) is 92.1 Å². The highest BCUT2D eigenvalue weighted by Crippen LogP contribution is 2.41. The molecule has 0 unspecified atom stereocenters. The van der Waals surface area contributed by atoms with Gasteiger partial charge in [0.25, 0.3) is 47.3 Å². The van der Waals surface area contributed by atoms with Crippen LogP contribution in [0.25, 0.3) is 0 Å². The van der Waals surface area contributed by atoms with Crippen LogP contribution in [0, 0.1) is 69.8 Å². The Labute approximate surface area is 683 Å². The number of hydrogen-bond acceptors (Lipinski definition) is 20. The summed E-state index contributed by atoms with van der Waals surface area (Å²) >= 11 is 0. The number of likely N-dealkylation sites (N-methyl/N-ethyl adjacent to an activating group) is 3. The second-order valence-corrected chi connectivity index (χ2v) is 29.0. The lowest BCUT2D eigenvalue weighted by molar-refractivity contribution is -0.0329. The highest BCUT2D eigenvalue weighted by Gasteiger charge is 2.49. The van der Waals surface area contributed by atoms with E-state index in [1.54, 1.807) is 11.8 Å². The Morgan fingerprint density at radius 1 is 0.366 bits per heavy atom. The van der Waals surface area contributed by atoms with Gasteiger partial charge in [-0.15, -0.1) is 0 Å². The van der Waals surface area contributed by atoms with Gasteiger partial charge in [-0.3, -0.25) is 57.5 Å². The molecule has 4 aromatic carbocycles. The van der Waals surface area contributed by atoms with Crippen molar-refractivity contribution in [1.82, 2.24) is 59.1 Å². The van der Waals surface area contributed by atoms with Crippen molar-refractivity contribution in [3.8, 4) is 23.0 Å². The summed E-state index contributed by atoms with van der Waals surface area (Å²) in [5, 5.41) is 50.3. The van der Waals surface area contributed by atoms with Crippen LogP contribution < -0.4 is 43.0 Å². The summed E-state index contributed by atoms with van der Waals surface area (Å²) in [5.41, 5.74) is -9.77. The second kappa shape index (κ2) is 35.0. The van der Waals surface area contributed by atoms with E-state index in [1.807, 2.05) is 6.92 Å². The molecule has 4 saturated heterocycles. The number of rotatable bonds is 15. The molecule has 4 aromatic heterocycles. The topological polar surface area (TPSA) is 403 Å². The number of carbonyl (C=O) groups excluding carboxylic acids is 8. The predicted molar refractivity (Wildman–Crippen MR) is 396 cm³/mol. The molecule has 16 rings (SSSR count). The molecule has 0 bridgehead atoms. The van der Waals surface area contributed by atoms with Crippen LogP contribution in [0.4, 0.5) is 52.7 Å². The van der Waals surface area contributed by atoms with Crippen LogP contribution >= 0.6 is 0 Å². The maximum absolute atomic E-state index is 13.8. The third kappa shape index (κ3) is 16.3. The van der Waals surface area contributed by atoms with E-state index in [0.717, 1.165) is 24.8 Å². The largest absolute Gasteiger partial charge is 0.503 e. The third-order valence-corrected chi connectivity index (χ3v) is 21.8. The molecule has 4 fully saturated rings. The Bertz CT molecular complexity index is 5740. The smallest absolute Gasteiger partial charge is 0.276 e. The SMILES string of the molecule is CCCN1C(=O)c2c(O)c(=O)c(C(=O)NCc3c(F)cc(F)cc3F)cn2[C@@H]2COC[C@@H]21.CCN1C(=O)c2c(O)c(=O)c(C(=O)NCc3c(F)cc(F)cc3F)cn2[C@@H]2CCO[C@@H]21.CN1C(=O)c2c(O)c(=O)c(C(=O)NCc3c(F)cc(F)cc3F)cn2[C@@H]2CCO[C@@H]21.CN1C(=O)c2c(O)c(=O)c(C(=O)NCc3c(F)cc(F)cc3F)cn2[C@@H]2COC[C@@H]21. The number of nitrogens with one attached hydrogen (secondary N) is 4. The first-order valence-electron chi connectivity index (χ1n) is 37.5. The minimum atomic E-state index is -1.20. The van der Waals surface area contributed by atoms with Crippen molar-refractivity contribution in [3.05, 3.63) is 251 Å². The van der Waals surface area contributed by atoms with Crippen LogP contribution in [0.1, 0.15) is 163 Å². The highest BCUT2D eigenvalue weighted by atomic mass is 19.2. The van der Waals surface area contributed by atoms with Gasteiger partial charge in [-0.05, 0) is 26.2 Å². The van der Waals surface area contributed by atoms with E-state index in [0.29, 0.717) is 94.1 Å². The molecular weight excluding hydrogens is 1660 g/mol. The minimum Gasteiger partial charge on any atom is -0.503 e. The fourth-order valence-electron chi connectivity index (χ4n) is 15.6. The predicted octanol–water partition coefficient (Wildman–Crippen LogP) is 5.57. The molecule has 0 spiro atoms. The van der Waals surface area contributed by atoms with Crippen LogP contribution in [0.5, 0.6) is 23.0 Å². The number of hydrogen-bond donors (Lipinski definition) is 8.